The Morgan fingerprint density at radius 1 is 0.974 bits per heavy atom. The predicted octanol–water partition coefficient (Wildman–Crippen LogP) is 6.16. The molecule has 0 aliphatic heterocycles. The second-order valence-corrected chi connectivity index (χ2v) is 10.2. The molecule has 5 aromatic heterocycles. The highest BCUT2D eigenvalue weighted by Gasteiger charge is 2.12. The number of fused-ring (bicyclic) bond motifs is 1. The Balaban J connectivity index is 1.25. The monoisotopic (exact) mass is 513 g/mol. The molecule has 0 aliphatic rings. The van der Waals surface area contributed by atoms with Gasteiger partial charge in [0.2, 0.25) is 0 Å². The smallest absolute Gasteiger partial charge is 0.116 e. The lowest BCUT2D eigenvalue weighted by Gasteiger charge is -2.05. The molecular formula is C32H27N5S. The van der Waals surface area contributed by atoms with Crippen LogP contribution in [0, 0.1) is 0 Å². The topological polar surface area (TPSA) is 70.2 Å². The molecule has 0 saturated heterocycles. The van der Waals surface area contributed by atoms with Crippen molar-refractivity contribution in [2.24, 2.45) is 0 Å². The lowest BCUT2D eigenvalue weighted by atomic mass is 10.0. The van der Waals surface area contributed by atoms with Crippen molar-refractivity contribution >= 4 is 40.5 Å². The van der Waals surface area contributed by atoms with Crippen molar-refractivity contribution in [1.29, 1.82) is 0 Å². The van der Waals surface area contributed by atoms with Gasteiger partial charge in [0.05, 0.1) is 22.8 Å². The Morgan fingerprint density at radius 2 is 1.82 bits per heavy atom. The van der Waals surface area contributed by atoms with Crippen molar-refractivity contribution < 1.29 is 0 Å². The predicted molar refractivity (Wildman–Crippen MR) is 158 cm³/mol. The van der Waals surface area contributed by atoms with Gasteiger partial charge in [-0.15, -0.1) is 0 Å². The average Bonchev–Trinajstić information content (AvgIpc) is 3.71. The fourth-order valence-corrected chi connectivity index (χ4v) is 5.30. The van der Waals surface area contributed by atoms with E-state index in [9.17, 15) is 0 Å². The lowest BCUT2D eigenvalue weighted by Crippen LogP contribution is -2.21. The summed E-state index contributed by atoms with van der Waals surface area (Å²) >= 11 is 1.68. The van der Waals surface area contributed by atoms with Crippen LogP contribution in [-0.2, 0) is 12.8 Å². The second-order valence-electron chi connectivity index (χ2n) is 9.39. The number of benzene rings is 1. The highest BCUT2D eigenvalue weighted by molar-refractivity contribution is 7.08. The summed E-state index contributed by atoms with van der Waals surface area (Å²) in [7, 11) is 0. The van der Waals surface area contributed by atoms with Crippen LogP contribution in [0.2, 0.25) is 0 Å². The molecule has 5 nitrogen and oxygen atoms in total. The van der Waals surface area contributed by atoms with Gasteiger partial charge in [-0.1, -0.05) is 43.0 Å². The number of aromatic amines is 2. The summed E-state index contributed by atoms with van der Waals surface area (Å²) < 4.78 is 0. The first-order valence-electron chi connectivity index (χ1n) is 12.6. The maximum absolute atomic E-state index is 4.58. The molecule has 0 unspecified atom stereocenters. The maximum Gasteiger partial charge on any atom is 0.116 e. The number of H-pyrrole nitrogens is 2. The van der Waals surface area contributed by atoms with Crippen molar-refractivity contribution in [2.45, 2.75) is 19.8 Å². The quantitative estimate of drug-likeness (QED) is 0.269. The molecule has 1 aromatic carbocycles. The third kappa shape index (κ3) is 4.86. The van der Waals surface area contributed by atoms with Crippen LogP contribution in [0.5, 0.6) is 0 Å². The highest BCUT2D eigenvalue weighted by atomic mass is 32.1. The van der Waals surface area contributed by atoms with Crippen molar-refractivity contribution in [3.63, 3.8) is 0 Å². The van der Waals surface area contributed by atoms with Gasteiger partial charge in [-0.2, -0.15) is 16.4 Å². The summed E-state index contributed by atoms with van der Waals surface area (Å²) in [6.45, 7) is 6.42. The van der Waals surface area contributed by atoms with E-state index in [0.29, 0.717) is 0 Å². The van der Waals surface area contributed by atoms with E-state index >= 15 is 0 Å². The summed E-state index contributed by atoms with van der Waals surface area (Å²) in [6.07, 6.45) is 13.7. The number of pyridine rings is 2. The second kappa shape index (κ2) is 10.4. The van der Waals surface area contributed by atoms with E-state index in [0.717, 1.165) is 62.4 Å². The highest BCUT2D eigenvalue weighted by Crippen LogP contribution is 2.31. The van der Waals surface area contributed by atoms with E-state index in [1.54, 1.807) is 11.3 Å². The third-order valence-electron chi connectivity index (χ3n) is 6.83. The van der Waals surface area contributed by atoms with E-state index in [2.05, 4.69) is 104 Å². The lowest BCUT2D eigenvalue weighted by molar-refractivity contribution is 0.948. The number of aromatic nitrogens is 5. The fraction of sp³-hybridized carbons (Fsp3) is 0.0938. The number of nitrogens with one attached hydrogen (secondary N) is 2. The number of hydrogen-bond acceptors (Lipinski definition) is 4. The molecule has 2 N–H and O–H groups in total. The van der Waals surface area contributed by atoms with Gasteiger partial charge < -0.3 is 4.98 Å². The molecule has 0 atom stereocenters. The number of aryl methyl sites for hydroxylation is 2. The number of nitrogens with zero attached hydrogens (tertiary/aromatic N) is 3. The number of allylic oxidation sites excluding steroid dienone is 2. The molecule has 0 spiro atoms. The SMILES string of the molecule is C=c1c(-c2cc3c(-c4ccsc4)cncc3[nH]2)n[nH]/c1=C/C=C(\C)c1cncc(CCc2ccccc2)c1. The summed E-state index contributed by atoms with van der Waals surface area (Å²) in [6, 6.07) is 17.0. The zero-order chi connectivity index (χ0) is 25.9. The van der Waals surface area contributed by atoms with Gasteiger partial charge in [-0.3, -0.25) is 15.1 Å². The normalized spacial score (nSPS) is 12.4. The van der Waals surface area contributed by atoms with Crippen LogP contribution in [0.1, 0.15) is 23.6 Å². The summed E-state index contributed by atoms with van der Waals surface area (Å²) in [5.41, 5.74) is 9.79. The standard InChI is InChI=1S/C32H27N5S/c1-21(26-14-24(16-33-17-26)10-9-23-6-4-3-5-7-23)8-11-29-22(2)32(37-36-29)30-15-27-28(25-12-13-38-20-25)18-34-19-31(27)35-30/h3-8,11-20,35-36H,2,9-10H2,1H3/b21-8+,29-11+. The molecule has 0 fully saturated rings. The van der Waals surface area contributed by atoms with E-state index in [1.807, 2.05) is 30.9 Å². The largest absolute Gasteiger partial charge is 0.352 e. The minimum atomic E-state index is 0.805. The van der Waals surface area contributed by atoms with Crippen LogP contribution < -0.4 is 10.6 Å². The minimum absolute atomic E-state index is 0.805. The van der Waals surface area contributed by atoms with Crippen molar-refractivity contribution in [3.05, 3.63) is 117 Å². The minimum Gasteiger partial charge on any atom is -0.352 e. The fourth-order valence-electron chi connectivity index (χ4n) is 4.64. The van der Waals surface area contributed by atoms with E-state index in [-0.39, 0.29) is 0 Å². The molecule has 0 saturated carbocycles. The van der Waals surface area contributed by atoms with Crippen LogP contribution >= 0.6 is 11.3 Å². The Bertz CT molecular complexity index is 1840. The average molecular weight is 514 g/mol. The maximum atomic E-state index is 4.58. The van der Waals surface area contributed by atoms with Crippen LogP contribution in [0.15, 0.2) is 90.2 Å². The Kier molecular flexibility index (Phi) is 6.54. The molecule has 5 heterocycles. The van der Waals surface area contributed by atoms with E-state index in [4.69, 9.17) is 0 Å². The van der Waals surface area contributed by atoms with Crippen LogP contribution in [0.4, 0.5) is 0 Å². The van der Waals surface area contributed by atoms with Crippen LogP contribution in [0.25, 0.3) is 51.6 Å². The van der Waals surface area contributed by atoms with E-state index < -0.39 is 0 Å². The zero-order valence-electron chi connectivity index (χ0n) is 21.1. The zero-order valence-corrected chi connectivity index (χ0v) is 21.9. The van der Waals surface area contributed by atoms with Gasteiger partial charge >= 0.3 is 0 Å². The molecule has 6 heteroatoms. The molecule has 0 aliphatic carbocycles. The number of thiophene rings is 1. The molecule has 186 valence electrons. The van der Waals surface area contributed by atoms with Gasteiger partial charge in [0.15, 0.2) is 0 Å². The van der Waals surface area contributed by atoms with E-state index in [1.165, 1.54) is 16.7 Å². The van der Waals surface area contributed by atoms with Gasteiger partial charge in [-0.25, -0.2) is 0 Å². The first kappa shape index (κ1) is 23.8. The van der Waals surface area contributed by atoms with Crippen molar-refractivity contribution in [1.82, 2.24) is 25.1 Å². The van der Waals surface area contributed by atoms with Crippen molar-refractivity contribution in [2.75, 3.05) is 0 Å². The first-order valence-corrected chi connectivity index (χ1v) is 13.5. The molecule has 38 heavy (non-hydrogen) atoms. The Labute approximate surface area is 225 Å². The third-order valence-corrected chi connectivity index (χ3v) is 7.51. The summed E-state index contributed by atoms with van der Waals surface area (Å²) in [5.74, 6) is 0. The van der Waals surface area contributed by atoms with Crippen molar-refractivity contribution in [3.8, 4) is 22.5 Å². The Morgan fingerprint density at radius 3 is 2.66 bits per heavy atom. The van der Waals surface area contributed by atoms with Gasteiger partial charge in [-0.05, 0) is 82.6 Å². The molecule has 0 radical (unpaired) electrons. The van der Waals surface area contributed by atoms with Crippen LogP contribution in [0.3, 0.4) is 0 Å². The Hall–Kier alpha value is -4.55. The molecule has 0 amide bonds. The molecule has 6 rings (SSSR count). The molecule has 0 bridgehead atoms. The van der Waals surface area contributed by atoms with Gasteiger partial charge in [0, 0.05) is 34.8 Å². The first-order chi connectivity index (χ1) is 18.7. The number of rotatable bonds is 7. The van der Waals surface area contributed by atoms with Crippen LogP contribution in [-0.4, -0.2) is 25.1 Å². The summed E-state index contributed by atoms with van der Waals surface area (Å²) in [4.78, 5) is 12.4. The molecular weight excluding hydrogens is 486 g/mol. The molecule has 6 aromatic rings. The van der Waals surface area contributed by atoms with Gasteiger partial charge in [0.25, 0.3) is 0 Å². The number of hydrogen-bond donors (Lipinski definition) is 2. The van der Waals surface area contributed by atoms with Gasteiger partial charge in [0.1, 0.15) is 5.69 Å². The summed E-state index contributed by atoms with van der Waals surface area (Å²) in [5, 5.41) is 14.8.